The van der Waals surface area contributed by atoms with Gasteiger partial charge in [0.1, 0.15) is 22.1 Å². The molecule has 1 rings (SSSR count). The molecule has 0 aliphatic rings. The Morgan fingerprint density at radius 3 is 2.45 bits per heavy atom. The van der Waals surface area contributed by atoms with Crippen molar-refractivity contribution in [3.05, 3.63) is 66.0 Å². The highest BCUT2D eigenvalue weighted by atomic mass is 32.1. The van der Waals surface area contributed by atoms with Crippen molar-refractivity contribution in [3.8, 4) is 5.75 Å². The van der Waals surface area contributed by atoms with Gasteiger partial charge in [0.05, 0.1) is 0 Å². The topological polar surface area (TPSA) is 72.5 Å². The van der Waals surface area contributed by atoms with Gasteiger partial charge in [0, 0.05) is 5.56 Å². The molecule has 3 N–H and O–H groups in total. The van der Waals surface area contributed by atoms with E-state index in [1.807, 2.05) is 0 Å². The summed E-state index contributed by atoms with van der Waals surface area (Å²) in [6.07, 6.45) is 4.24. The van der Waals surface area contributed by atoms with E-state index in [4.69, 9.17) is 22.7 Å². The molecule has 0 spiro atoms. The van der Waals surface area contributed by atoms with E-state index in [0.717, 1.165) is 0 Å². The highest BCUT2D eigenvalue weighted by molar-refractivity contribution is 7.80. The highest BCUT2D eigenvalue weighted by Gasteiger charge is 2.13. The summed E-state index contributed by atoms with van der Waals surface area (Å²) in [6.45, 7) is 5.13. The van der Waals surface area contributed by atoms with Crippen molar-refractivity contribution in [2.45, 2.75) is 6.92 Å². The molecule has 0 saturated heterocycles. The third-order valence-corrected chi connectivity index (χ3v) is 2.61. The number of hydrogen-bond acceptors (Lipinski definition) is 4. The van der Waals surface area contributed by atoms with E-state index in [9.17, 15) is 9.90 Å². The molecular weight excluding hydrogens is 274 g/mol. The quantitative estimate of drug-likeness (QED) is 0.218. The normalized spacial score (nSPS) is 11.8. The Labute approximate surface area is 122 Å². The number of carbonyl (C=O) groups is 1. The van der Waals surface area contributed by atoms with Gasteiger partial charge in [-0.05, 0) is 43.3 Å². The standard InChI is InChI=1S/C15H15NO3S/c1-3-5-12(13(17)4-2)15(18)19-11-8-6-10(7-9-11)14(16)20/h3-9,17H,2H2,1H3,(H2,16,20)/b5-3-,13-12-. The van der Waals surface area contributed by atoms with Crippen LogP contribution in [-0.2, 0) is 4.79 Å². The molecule has 0 aliphatic heterocycles. The number of thiocarbonyl (C=S) groups is 1. The van der Waals surface area contributed by atoms with E-state index < -0.39 is 5.97 Å². The number of rotatable bonds is 5. The third-order valence-electron chi connectivity index (χ3n) is 2.37. The summed E-state index contributed by atoms with van der Waals surface area (Å²) in [5.74, 6) is -0.592. The Balaban J connectivity index is 2.94. The fourth-order valence-electron chi connectivity index (χ4n) is 1.38. The Hall–Kier alpha value is -2.40. The SMILES string of the molecule is C=C/C(O)=C(\C=C/C)C(=O)Oc1ccc(C(N)=S)cc1. The van der Waals surface area contributed by atoms with Crippen LogP contribution < -0.4 is 10.5 Å². The van der Waals surface area contributed by atoms with E-state index in [0.29, 0.717) is 11.3 Å². The van der Waals surface area contributed by atoms with E-state index >= 15 is 0 Å². The van der Waals surface area contributed by atoms with Gasteiger partial charge in [0.2, 0.25) is 0 Å². The number of ether oxygens (including phenoxy) is 1. The second-order valence-electron chi connectivity index (χ2n) is 3.78. The van der Waals surface area contributed by atoms with Crippen LogP contribution in [0.4, 0.5) is 0 Å². The lowest BCUT2D eigenvalue weighted by atomic mass is 10.2. The first-order valence-electron chi connectivity index (χ1n) is 5.80. The van der Waals surface area contributed by atoms with E-state index in [2.05, 4.69) is 6.58 Å². The number of hydrogen-bond donors (Lipinski definition) is 2. The molecule has 1 aromatic carbocycles. The summed E-state index contributed by atoms with van der Waals surface area (Å²) in [7, 11) is 0. The van der Waals surface area contributed by atoms with Crippen LogP contribution >= 0.6 is 12.2 Å². The van der Waals surface area contributed by atoms with Crippen molar-refractivity contribution in [3.63, 3.8) is 0 Å². The Bertz CT molecular complexity index is 586. The van der Waals surface area contributed by atoms with E-state index in [1.54, 1.807) is 37.3 Å². The molecule has 0 aromatic heterocycles. The first kappa shape index (κ1) is 15.7. The molecule has 104 valence electrons. The molecule has 20 heavy (non-hydrogen) atoms. The van der Waals surface area contributed by atoms with Gasteiger partial charge in [0.15, 0.2) is 0 Å². The number of carbonyl (C=O) groups excluding carboxylic acids is 1. The second-order valence-corrected chi connectivity index (χ2v) is 4.22. The summed E-state index contributed by atoms with van der Waals surface area (Å²) in [4.78, 5) is 12.2. The minimum absolute atomic E-state index is 0.0286. The molecule has 0 fully saturated rings. The van der Waals surface area contributed by atoms with Gasteiger partial charge in [0.25, 0.3) is 0 Å². The van der Waals surface area contributed by atoms with Crippen LogP contribution in [0, 0.1) is 0 Å². The second kappa shape index (κ2) is 7.25. The molecule has 0 radical (unpaired) electrons. The molecule has 0 aliphatic carbocycles. The summed E-state index contributed by atoms with van der Waals surface area (Å²) in [6, 6.07) is 6.45. The van der Waals surface area contributed by atoms with Crippen LogP contribution in [0.1, 0.15) is 12.5 Å². The summed E-state index contributed by atoms with van der Waals surface area (Å²) in [5.41, 5.74) is 6.18. The van der Waals surface area contributed by atoms with Gasteiger partial charge >= 0.3 is 5.97 Å². The third kappa shape index (κ3) is 4.07. The van der Waals surface area contributed by atoms with Crippen LogP contribution in [0.2, 0.25) is 0 Å². The first-order valence-corrected chi connectivity index (χ1v) is 6.20. The smallest absolute Gasteiger partial charge is 0.347 e. The van der Waals surface area contributed by atoms with Crippen molar-refractivity contribution in [2.75, 3.05) is 0 Å². The predicted molar refractivity (Wildman–Crippen MR) is 82.6 cm³/mol. The molecule has 0 unspecified atom stereocenters. The largest absolute Gasteiger partial charge is 0.507 e. The van der Waals surface area contributed by atoms with Crippen molar-refractivity contribution in [2.24, 2.45) is 5.73 Å². The molecule has 0 saturated carbocycles. The van der Waals surface area contributed by atoms with Gasteiger partial charge in [-0.15, -0.1) is 0 Å². The lowest BCUT2D eigenvalue weighted by molar-refractivity contribution is -0.129. The number of allylic oxidation sites excluding steroid dienone is 2. The summed E-state index contributed by atoms with van der Waals surface area (Å²) >= 11 is 4.83. The van der Waals surface area contributed by atoms with Gasteiger partial charge < -0.3 is 15.6 Å². The number of aliphatic hydroxyl groups is 1. The number of nitrogens with two attached hydrogens (primary N) is 1. The van der Waals surface area contributed by atoms with Crippen LogP contribution in [-0.4, -0.2) is 16.1 Å². The van der Waals surface area contributed by atoms with E-state index in [-0.39, 0.29) is 16.3 Å². The maximum absolute atomic E-state index is 11.9. The molecule has 0 heterocycles. The monoisotopic (exact) mass is 289 g/mol. The van der Waals surface area contributed by atoms with Crippen molar-refractivity contribution < 1.29 is 14.6 Å². The molecule has 1 aromatic rings. The van der Waals surface area contributed by atoms with E-state index in [1.165, 1.54) is 12.2 Å². The molecule has 0 atom stereocenters. The maximum atomic E-state index is 11.9. The molecule has 0 bridgehead atoms. The minimum Gasteiger partial charge on any atom is -0.507 e. The number of esters is 1. The molecule has 4 nitrogen and oxygen atoms in total. The van der Waals surface area contributed by atoms with Crippen LogP contribution in [0.25, 0.3) is 0 Å². The minimum atomic E-state index is -0.677. The van der Waals surface area contributed by atoms with Gasteiger partial charge in [-0.1, -0.05) is 24.9 Å². The van der Waals surface area contributed by atoms with Crippen LogP contribution in [0.5, 0.6) is 5.75 Å². The van der Waals surface area contributed by atoms with Crippen LogP contribution in [0.15, 0.2) is 60.4 Å². The zero-order valence-electron chi connectivity index (χ0n) is 11.0. The van der Waals surface area contributed by atoms with Crippen LogP contribution in [0.3, 0.4) is 0 Å². The average Bonchev–Trinajstić information content (AvgIpc) is 2.44. The summed E-state index contributed by atoms with van der Waals surface area (Å²) < 4.78 is 5.15. The Morgan fingerprint density at radius 2 is 2.00 bits per heavy atom. The maximum Gasteiger partial charge on any atom is 0.347 e. The fourth-order valence-corrected chi connectivity index (χ4v) is 1.52. The predicted octanol–water partition coefficient (Wildman–Crippen LogP) is 2.80. The Kier molecular flexibility index (Phi) is 5.68. The van der Waals surface area contributed by atoms with Crippen molar-refractivity contribution in [1.82, 2.24) is 0 Å². The van der Waals surface area contributed by atoms with Gasteiger partial charge in [-0.3, -0.25) is 0 Å². The average molecular weight is 289 g/mol. The lowest BCUT2D eigenvalue weighted by Gasteiger charge is -2.06. The Morgan fingerprint density at radius 1 is 1.40 bits per heavy atom. The number of benzene rings is 1. The highest BCUT2D eigenvalue weighted by Crippen LogP contribution is 2.15. The zero-order chi connectivity index (χ0) is 15.1. The van der Waals surface area contributed by atoms with Crippen molar-refractivity contribution in [1.29, 1.82) is 0 Å². The first-order chi connectivity index (χ1) is 9.49. The summed E-state index contributed by atoms with van der Waals surface area (Å²) in [5, 5.41) is 9.59. The molecule has 5 heteroatoms. The van der Waals surface area contributed by atoms with Gasteiger partial charge in [-0.25, -0.2) is 4.79 Å². The molecular formula is C15H15NO3S. The van der Waals surface area contributed by atoms with Crippen molar-refractivity contribution >= 4 is 23.2 Å². The number of aliphatic hydroxyl groups excluding tert-OH is 1. The zero-order valence-corrected chi connectivity index (χ0v) is 11.8. The lowest BCUT2D eigenvalue weighted by Crippen LogP contribution is -2.12. The fraction of sp³-hybridized carbons (Fsp3) is 0.0667. The molecule has 0 amide bonds. The van der Waals surface area contributed by atoms with Gasteiger partial charge in [-0.2, -0.15) is 0 Å².